The quantitative estimate of drug-likeness (QED) is 0.480. The molecule has 0 radical (unpaired) electrons. The van der Waals surface area contributed by atoms with Crippen molar-refractivity contribution in [1.82, 2.24) is 4.90 Å². The maximum absolute atomic E-state index is 13.2. The summed E-state index contributed by atoms with van der Waals surface area (Å²) < 4.78 is 10.8. The van der Waals surface area contributed by atoms with Crippen LogP contribution in [0.25, 0.3) is 0 Å². The van der Waals surface area contributed by atoms with E-state index in [1.165, 1.54) is 0 Å². The van der Waals surface area contributed by atoms with Gasteiger partial charge in [0.25, 0.3) is 0 Å². The van der Waals surface area contributed by atoms with Crippen molar-refractivity contribution in [2.45, 2.75) is 19.4 Å². The summed E-state index contributed by atoms with van der Waals surface area (Å²) in [5, 5.41) is 1.40. The summed E-state index contributed by atoms with van der Waals surface area (Å²) in [7, 11) is 0. The summed E-state index contributed by atoms with van der Waals surface area (Å²) in [6, 6.07) is 19.6. The fraction of sp³-hybridized carbons (Fsp3) is 0.269. The molecule has 1 atom stereocenters. The SMILES string of the molecule is Cc1ccc(N2CCN(C(=O)Cc3ccc4c(c3)OCO4)C[C@H]2c2ccc(Cl)cc2)c(Cl)c1. The average molecular weight is 483 g/mol. The number of rotatable bonds is 4. The molecule has 170 valence electrons. The van der Waals surface area contributed by atoms with Gasteiger partial charge in [0.2, 0.25) is 12.7 Å². The van der Waals surface area contributed by atoms with E-state index in [0.717, 1.165) is 28.1 Å². The molecule has 2 aliphatic rings. The minimum Gasteiger partial charge on any atom is -0.454 e. The van der Waals surface area contributed by atoms with Crippen LogP contribution >= 0.6 is 23.2 Å². The van der Waals surface area contributed by atoms with E-state index < -0.39 is 0 Å². The highest BCUT2D eigenvalue weighted by atomic mass is 35.5. The summed E-state index contributed by atoms with van der Waals surface area (Å²) in [6.07, 6.45) is 0.315. The highest BCUT2D eigenvalue weighted by Crippen LogP contribution is 2.37. The van der Waals surface area contributed by atoms with Crippen molar-refractivity contribution in [3.05, 3.63) is 87.4 Å². The Hall–Kier alpha value is -2.89. The molecule has 1 amide bonds. The highest BCUT2D eigenvalue weighted by Gasteiger charge is 2.32. The Morgan fingerprint density at radius 1 is 0.970 bits per heavy atom. The van der Waals surface area contributed by atoms with Crippen LogP contribution in [0.5, 0.6) is 11.5 Å². The zero-order valence-corrected chi connectivity index (χ0v) is 19.8. The maximum atomic E-state index is 13.2. The first-order valence-electron chi connectivity index (χ1n) is 10.9. The van der Waals surface area contributed by atoms with Gasteiger partial charge in [-0.05, 0) is 60.0 Å². The summed E-state index contributed by atoms with van der Waals surface area (Å²) in [5.74, 6) is 1.50. The molecular formula is C26H24Cl2N2O3. The second kappa shape index (κ2) is 9.16. The molecule has 5 rings (SSSR count). The number of nitrogens with zero attached hydrogens (tertiary/aromatic N) is 2. The first kappa shape index (κ1) is 21.9. The minimum atomic E-state index is -0.0306. The first-order valence-corrected chi connectivity index (χ1v) is 11.7. The van der Waals surface area contributed by atoms with Crippen molar-refractivity contribution in [3.8, 4) is 11.5 Å². The zero-order chi connectivity index (χ0) is 22.9. The van der Waals surface area contributed by atoms with Crippen molar-refractivity contribution < 1.29 is 14.3 Å². The third-order valence-corrected chi connectivity index (χ3v) is 6.75. The molecule has 2 heterocycles. The number of piperazine rings is 1. The van der Waals surface area contributed by atoms with Gasteiger partial charge in [0.15, 0.2) is 11.5 Å². The van der Waals surface area contributed by atoms with Gasteiger partial charge in [0, 0.05) is 24.7 Å². The Kier molecular flexibility index (Phi) is 6.09. The number of aryl methyl sites for hydroxylation is 1. The van der Waals surface area contributed by atoms with Gasteiger partial charge in [-0.2, -0.15) is 0 Å². The molecule has 0 unspecified atom stereocenters. The summed E-state index contributed by atoms with van der Waals surface area (Å²) in [4.78, 5) is 17.5. The van der Waals surface area contributed by atoms with Gasteiger partial charge >= 0.3 is 0 Å². The normalized spacial score (nSPS) is 17.4. The Balaban J connectivity index is 1.39. The van der Waals surface area contributed by atoms with Gasteiger partial charge in [-0.15, -0.1) is 0 Å². The van der Waals surface area contributed by atoms with E-state index >= 15 is 0 Å². The van der Waals surface area contributed by atoms with Crippen LogP contribution in [0.4, 0.5) is 5.69 Å². The van der Waals surface area contributed by atoms with Crippen LogP contribution in [-0.2, 0) is 11.2 Å². The molecule has 0 N–H and O–H groups in total. The van der Waals surface area contributed by atoms with E-state index in [1.54, 1.807) is 0 Å². The third-order valence-electron chi connectivity index (χ3n) is 6.19. The molecule has 7 heteroatoms. The Labute approximate surface area is 203 Å². The largest absolute Gasteiger partial charge is 0.454 e. The van der Waals surface area contributed by atoms with Crippen molar-refractivity contribution in [2.24, 2.45) is 0 Å². The molecule has 2 aliphatic heterocycles. The number of hydrogen-bond donors (Lipinski definition) is 0. The maximum Gasteiger partial charge on any atom is 0.231 e. The highest BCUT2D eigenvalue weighted by molar-refractivity contribution is 6.33. The predicted molar refractivity (Wildman–Crippen MR) is 131 cm³/mol. The van der Waals surface area contributed by atoms with E-state index in [-0.39, 0.29) is 18.7 Å². The number of halogens is 2. The number of fused-ring (bicyclic) bond motifs is 1. The molecule has 1 saturated heterocycles. The Morgan fingerprint density at radius 3 is 2.55 bits per heavy atom. The van der Waals surface area contributed by atoms with Crippen LogP contribution < -0.4 is 14.4 Å². The van der Waals surface area contributed by atoms with E-state index in [0.29, 0.717) is 41.8 Å². The Bertz CT molecular complexity index is 1180. The van der Waals surface area contributed by atoms with Crippen molar-refractivity contribution >= 4 is 34.8 Å². The lowest BCUT2D eigenvalue weighted by Crippen LogP contribution is -2.51. The van der Waals surface area contributed by atoms with Crippen molar-refractivity contribution in [1.29, 1.82) is 0 Å². The molecule has 0 saturated carbocycles. The van der Waals surface area contributed by atoms with Crippen LogP contribution in [0.15, 0.2) is 60.7 Å². The number of carbonyl (C=O) groups excluding carboxylic acids is 1. The van der Waals surface area contributed by atoms with Gasteiger partial charge in [-0.3, -0.25) is 4.79 Å². The van der Waals surface area contributed by atoms with Crippen LogP contribution in [0.1, 0.15) is 22.7 Å². The van der Waals surface area contributed by atoms with Crippen LogP contribution in [0.2, 0.25) is 10.0 Å². The third kappa shape index (κ3) is 4.61. The van der Waals surface area contributed by atoms with Crippen molar-refractivity contribution in [3.63, 3.8) is 0 Å². The lowest BCUT2D eigenvalue weighted by molar-refractivity contribution is -0.131. The molecular weight excluding hydrogens is 459 g/mol. The monoisotopic (exact) mass is 482 g/mol. The van der Waals surface area contributed by atoms with E-state index in [1.807, 2.05) is 60.4 Å². The van der Waals surface area contributed by atoms with Gasteiger partial charge in [-0.1, -0.05) is 47.5 Å². The summed E-state index contributed by atoms with van der Waals surface area (Å²) in [5.41, 5.74) is 4.10. The molecule has 3 aromatic carbocycles. The topological polar surface area (TPSA) is 42.0 Å². The number of hydrogen-bond acceptors (Lipinski definition) is 4. The number of anilines is 1. The standard InChI is InChI=1S/C26H24Cl2N2O3/c1-17-2-8-22(21(28)12-17)30-11-10-29(15-23(30)19-4-6-20(27)7-5-19)26(31)14-18-3-9-24-25(13-18)33-16-32-24/h2-9,12-13,23H,10-11,14-16H2,1H3/t23-/m0/s1. The van der Waals surface area contributed by atoms with Crippen LogP contribution in [-0.4, -0.2) is 37.2 Å². The van der Waals surface area contributed by atoms with E-state index in [2.05, 4.69) is 17.0 Å². The minimum absolute atomic E-state index is 0.0306. The molecule has 33 heavy (non-hydrogen) atoms. The number of carbonyl (C=O) groups is 1. The van der Waals surface area contributed by atoms with Gasteiger partial charge in [0.05, 0.1) is 23.2 Å². The van der Waals surface area contributed by atoms with Gasteiger partial charge in [-0.25, -0.2) is 0 Å². The van der Waals surface area contributed by atoms with Crippen LogP contribution in [0, 0.1) is 6.92 Å². The van der Waals surface area contributed by atoms with Gasteiger partial charge < -0.3 is 19.3 Å². The molecule has 0 aliphatic carbocycles. The lowest BCUT2D eigenvalue weighted by atomic mass is 10.00. The summed E-state index contributed by atoms with van der Waals surface area (Å²) in [6.45, 7) is 4.12. The number of amides is 1. The summed E-state index contributed by atoms with van der Waals surface area (Å²) >= 11 is 12.8. The lowest BCUT2D eigenvalue weighted by Gasteiger charge is -2.43. The zero-order valence-electron chi connectivity index (χ0n) is 18.3. The van der Waals surface area contributed by atoms with E-state index in [4.69, 9.17) is 32.7 Å². The van der Waals surface area contributed by atoms with Crippen LogP contribution in [0.3, 0.4) is 0 Å². The molecule has 0 spiro atoms. The number of benzene rings is 3. The molecule has 1 fully saturated rings. The first-order chi connectivity index (χ1) is 16.0. The fourth-order valence-electron chi connectivity index (χ4n) is 4.45. The van der Waals surface area contributed by atoms with Crippen molar-refractivity contribution in [2.75, 3.05) is 31.3 Å². The molecule has 5 nitrogen and oxygen atoms in total. The molecule has 0 aromatic heterocycles. The predicted octanol–water partition coefficient (Wildman–Crippen LogP) is 5.66. The Morgan fingerprint density at radius 2 is 1.76 bits per heavy atom. The second-order valence-electron chi connectivity index (χ2n) is 8.42. The second-order valence-corrected chi connectivity index (χ2v) is 9.26. The molecule has 3 aromatic rings. The fourth-order valence-corrected chi connectivity index (χ4v) is 4.92. The van der Waals surface area contributed by atoms with E-state index in [9.17, 15) is 4.79 Å². The smallest absolute Gasteiger partial charge is 0.231 e. The van der Waals surface area contributed by atoms with Gasteiger partial charge in [0.1, 0.15) is 0 Å². The number of ether oxygens (including phenoxy) is 2. The molecule has 0 bridgehead atoms. The average Bonchev–Trinajstić information content (AvgIpc) is 3.27.